The van der Waals surface area contributed by atoms with E-state index in [2.05, 4.69) is 86.5 Å². The fourth-order valence-corrected chi connectivity index (χ4v) is 13.5. The lowest BCUT2D eigenvalue weighted by atomic mass is 9.91. The van der Waals surface area contributed by atoms with Crippen LogP contribution >= 0.6 is 38.6 Å². The molecule has 3 atom stereocenters. The van der Waals surface area contributed by atoms with Crippen LogP contribution in [0, 0.1) is 60.2 Å². The second-order valence-corrected chi connectivity index (χ2v) is 28.9. The third-order valence-electron chi connectivity index (χ3n) is 15.6. The second kappa shape index (κ2) is 42.5. The molecule has 0 bridgehead atoms. The Morgan fingerprint density at radius 3 is 1.45 bits per heavy atom. The number of carbonyl (C=O) groups is 8. The molecule has 3 aliphatic rings. The molecule has 8 rings (SSSR count). The number of carbonyl (C=O) groups excluding carboxylic acids is 8. The van der Waals surface area contributed by atoms with E-state index in [1.54, 1.807) is 36.4 Å². The highest BCUT2D eigenvalue weighted by Gasteiger charge is 2.28. The van der Waals surface area contributed by atoms with Crippen molar-refractivity contribution in [3.8, 4) is 36.5 Å². The fourth-order valence-electron chi connectivity index (χ4n) is 10.7. The SMILES string of the molecule is C#Cc1ccc(C=O)cc1.C#Cc1ccc(CN[C@@H](CC(C)C)C(=O)OC2CCCC2)cc1.CC(C)C[C@H](CCc1ccc(C#Cc2cc(C(N)=O)c(CC(N)=O)s2)cc1)C(=O)OC1CCCC1.CC(C)C[C@H](N)C(=O)OC1CCCC1.NC(=O)Cc1sc(Br)cc1C(N)=O. The summed E-state index contributed by atoms with van der Waals surface area (Å²) in [5.41, 5.74) is 32.5. The van der Waals surface area contributed by atoms with Crippen molar-refractivity contribution in [1.82, 2.24) is 5.32 Å². The number of hydrogen-bond acceptors (Lipinski definition) is 15. The molecule has 95 heavy (non-hydrogen) atoms. The van der Waals surface area contributed by atoms with E-state index in [0.29, 0.717) is 56.5 Å². The Kier molecular flexibility index (Phi) is 35.6. The molecule has 0 saturated heterocycles. The van der Waals surface area contributed by atoms with Crippen LogP contribution in [-0.4, -0.2) is 78.2 Å². The van der Waals surface area contributed by atoms with E-state index < -0.39 is 29.7 Å². The summed E-state index contributed by atoms with van der Waals surface area (Å²) in [6, 6.07) is 25.2. The highest BCUT2D eigenvalue weighted by molar-refractivity contribution is 9.11. The molecule has 3 fully saturated rings. The predicted octanol–water partition coefficient (Wildman–Crippen LogP) is 12.0. The summed E-state index contributed by atoms with van der Waals surface area (Å²) in [6.45, 7) is 13.3. The van der Waals surface area contributed by atoms with Crippen molar-refractivity contribution in [2.24, 2.45) is 52.3 Å². The molecule has 3 aromatic carbocycles. The molecule has 5 aromatic rings. The Morgan fingerprint density at radius 2 is 1.00 bits per heavy atom. The standard InChI is InChI=1S/C28H34N2O4S.C20H27NO2.C11H21NO2.C9H6O.C7H7BrN2O2S/c1-18(2)15-21(28(33)34-22-5-3-4-6-22)13-11-19-7-9-20(10-8-19)12-14-23-16-24(27(30)32)25(35-23)17-26(29)31;1-4-16-9-11-17(12-10-16)14-21-19(13-15(2)3)20(22)23-18-7-5-6-8-18;1-8(2)7-10(12)11(13)14-9-5-3-4-6-9;1-2-8-3-5-9(7-10)6-4-8;8-5-1-3(7(10)12)4(13-5)2-6(9)11/h7-10,16,18,21-22H,3-6,11,13,15,17H2,1-2H3,(H2,29,31)(H2,30,32);1,9-12,15,18-19,21H,5-8,13-14H2,2-3H3;8-10H,3-7,12H2,1-2H3;1,3-7H;1H,2H2,(H2,9,11)(H2,10,12)/t21-;19-;10-;;/m000../s1. The first-order valence-electron chi connectivity index (χ1n) is 32.6. The third kappa shape index (κ3) is 31.0. The van der Waals surface area contributed by atoms with Crippen molar-refractivity contribution in [3.63, 3.8) is 0 Å². The molecule has 0 spiro atoms. The summed E-state index contributed by atoms with van der Waals surface area (Å²) in [5.74, 6) is 9.93. The van der Waals surface area contributed by atoms with Gasteiger partial charge in [-0.25, -0.2) is 0 Å². The summed E-state index contributed by atoms with van der Waals surface area (Å²) in [6.07, 6.45) is 28.5. The number of nitrogens with one attached hydrogen (secondary N) is 1. The topological polar surface area (TPSA) is 306 Å². The van der Waals surface area contributed by atoms with E-state index in [-0.39, 0.29) is 66.6 Å². The van der Waals surface area contributed by atoms with Crippen molar-refractivity contribution in [2.75, 3.05) is 0 Å². The molecule has 0 radical (unpaired) electrons. The number of hydrogen-bond donors (Lipinski definition) is 6. The van der Waals surface area contributed by atoms with Gasteiger partial charge in [0.15, 0.2) is 0 Å². The number of terminal acetylenes is 2. The Balaban J connectivity index is 0.000000274. The van der Waals surface area contributed by atoms with Crippen LogP contribution in [0.1, 0.15) is 218 Å². The number of esters is 3. The number of aryl methyl sites for hydroxylation is 1. The maximum atomic E-state index is 12.8. The summed E-state index contributed by atoms with van der Waals surface area (Å²) in [7, 11) is 0. The van der Waals surface area contributed by atoms with Crippen LogP contribution in [0.4, 0.5) is 0 Å². The molecule has 17 nitrogen and oxygen atoms in total. The molecule has 3 saturated carbocycles. The first-order chi connectivity index (χ1) is 45.2. The van der Waals surface area contributed by atoms with Gasteiger partial charge in [0.1, 0.15) is 36.7 Å². The number of amides is 4. The second-order valence-electron chi connectivity index (χ2n) is 25.2. The van der Waals surface area contributed by atoms with Gasteiger partial charge in [-0.15, -0.1) is 35.5 Å². The lowest BCUT2D eigenvalue weighted by Crippen LogP contribution is -2.40. The normalized spacial score (nSPS) is 14.4. The highest BCUT2D eigenvalue weighted by Crippen LogP contribution is 2.29. The fraction of sp³-hybridized carbons (Fsp3) is 0.467. The minimum atomic E-state index is -0.599. The number of primary amides is 4. The number of halogens is 1. The Bertz CT molecular complexity index is 3430. The predicted molar refractivity (Wildman–Crippen MR) is 380 cm³/mol. The number of benzene rings is 3. The van der Waals surface area contributed by atoms with Crippen molar-refractivity contribution in [1.29, 1.82) is 0 Å². The van der Waals surface area contributed by atoms with Crippen molar-refractivity contribution >= 4 is 86.4 Å². The van der Waals surface area contributed by atoms with Gasteiger partial charge in [-0.1, -0.05) is 102 Å². The molecule has 0 aliphatic heterocycles. The van der Waals surface area contributed by atoms with E-state index in [4.69, 9.17) is 55.7 Å². The number of nitrogens with two attached hydrogens (primary N) is 5. The minimum absolute atomic E-state index is 0.0364. The molecule has 20 heteroatoms. The first-order valence-corrected chi connectivity index (χ1v) is 35.0. The van der Waals surface area contributed by atoms with Gasteiger partial charge in [0.05, 0.1) is 38.6 Å². The van der Waals surface area contributed by atoms with E-state index in [9.17, 15) is 38.4 Å². The van der Waals surface area contributed by atoms with Gasteiger partial charge in [-0.2, -0.15) is 0 Å². The summed E-state index contributed by atoms with van der Waals surface area (Å²) >= 11 is 5.74. The Morgan fingerprint density at radius 1 is 0.568 bits per heavy atom. The van der Waals surface area contributed by atoms with Gasteiger partial charge < -0.3 is 48.2 Å². The van der Waals surface area contributed by atoms with Gasteiger partial charge in [-0.3, -0.25) is 38.4 Å². The zero-order valence-electron chi connectivity index (χ0n) is 55.7. The van der Waals surface area contributed by atoms with Crippen LogP contribution in [0.15, 0.2) is 88.7 Å². The summed E-state index contributed by atoms with van der Waals surface area (Å²) in [5, 5.41) is 3.35. The number of ether oxygens (including phenoxy) is 3. The smallest absolute Gasteiger partial charge is 0.323 e. The third-order valence-corrected chi connectivity index (χ3v) is 18.3. The van der Waals surface area contributed by atoms with Crippen LogP contribution in [-0.2, 0) is 64.0 Å². The van der Waals surface area contributed by atoms with E-state index >= 15 is 0 Å². The number of thiophene rings is 2. The Hall–Kier alpha value is -7.90. The van der Waals surface area contributed by atoms with Gasteiger partial charge in [0.25, 0.3) is 0 Å². The van der Waals surface area contributed by atoms with Gasteiger partial charge in [0.2, 0.25) is 23.6 Å². The first kappa shape index (κ1) is 79.5. The molecule has 4 amide bonds. The Labute approximate surface area is 578 Å². The van der Waals surface area contributed by atoms with E-state index in [1.165, 1.54) is 48.4 Å². The maximum Gasteiger partial charge on any atom is 0.323 e. The van der Waals surface area contributed by atoms with Crippen LogP contribution in [0.5, 0.6) is 0 Å². The molecule has 2 aromatic heterocycles. The molecular weight excluding hydrogens is 1300 g/mol. The molecule has 3 aliphatic carbocycles. The van der Waals surface area contributed by atoms with E-state index in [0.717, 1.165) is 115 Å². The van der Waals surface area contributed by atoms with Crippen LogP contribution < -0.4 is 34.0 Å². The lowest BCUT2D eigenvalue weighted by Gasteiger charge is -2.21. The van der Waals surface area contributed by atoms with Gasteiger partial charge in [-0.05, 0) is 202 Å². The monoisotopic (exact) mass is 1400 g/mol. The average molecular weight is 1400 g/mol. The van der Waals surface area contributed by atoms with Crippen LogP contribution in [0.3, 0.4) is 0 Å². The number of aldehydes is 1. The zero-order valence-corrected chi connectivity index (χ0v) is 58.9. The quantitative estimate of drug-likeness (QED) is 0.0137. The van der Waals surface area contributed by atoms with Gasteiger partial charge >= 0.3 is 17.9 Å². The molecular formula is C75H95BrN6O11S2. The van der Waals surface area contributed by atoms with Crippen molar-refractivity contribution in [2.45, 2.75) is 200 Å². The summed E-state index contributed by atoms with van der Waals surface area (Å²) in [4.78, 5) is 93.0. The zero-order chi connectivity index (χ0) is 70.0. The average Bonchev–Trinajstić information content (AvgIpc) is 1.74. The van der Waals surface area contributed by atoms with Crippen molar-refractivity contribution in [3.05, 3.63) is 148 Å². The molecule has 11 N–H and O–H groups in total. The summed E-state index contributed by atoms with van der Waals surface area (Å²) < 4.78 is 17.5. The maximum absolute atomic E-state index is 12.8. The van der Waals surface area contributed by atoms with E-state index in [1.807, 2.05) is 48.5 Å². The largest absolute Gasteiger partial charge is 0.462 e. The lowest BCUT2D eigenvalue weighted by molar-refractivity contribution is -0.155. The van der Waals surface area contributed by atoms with Crippen molar-refractivity contribution < 1.29 is 52.6 Å². The molecule has 510 valence electrons. The minimum Gasteiger partial charge on any atom is -0.462 e. The van der Waals surface area contributed by atoms with Crippen LogP contribution in [0.25, 0.3) is 0 Å². The van der Waals surface area contributed by atoms with Crippen LogP contribution in [0.2, 0.25) is 0 Å². The highest BCUT2D eigenvalue weighted by atomic mass is 79.9. The van der Waals surface area contributed by atoms with Gasteiger partial charge in [0, 0.05) is 38.6 Å². The molecule has 0 unspecified atom stereocenters. The number of rotatable bonds is 25. The molecule has 2 heterocycles.